The number of amides is 2. The molecule has 0 aliphatic heterocycles. The molecule has 1 aliphatic rings. The number of hydrogen-bond acceptors (Lipinski definition) is 4. The Morgan fingerprint density at radius 1 is 0.875 bits per heavy atom. The van der Waals surface area contributed by atoms with Gasteiger partial charge >= 0.3 is 0 Å². The van der Waals surface area contributed by atoms with Crippen LogP contribution in [-0.2, 0) is 22.4 Å². The fourth-order valence-corrected chi connectivity index (χ4v) is 3.66. The van der Waals surface area contributed by atoms with Crippen molar-refractivity contribution in [3.05, 3.63) is 102 Å². The third-order valence-corrected chi connectivity index (χ3v) is 5.80. The Morgan fingerprint density at radius 3 is 2.16 bits per heavy atom. The van der Waals surface area contributed by atoms with Crippen molar-refractivity contribution >= 4 is 11.8 Å². The molecule has 32 heavy (non-hydrogen) atoms. The zero-order valence-corrected chi connectivity index (χ0v) is 17.9. The van der Waals surface area contributed by atoms with E-state index in [0.717, 1.165) is 16.8 Å². The van der Waals surface area contributed by atoms with Gasteiger partial charge in [-0.25, -0.2) is 0 Å². The molecule has 2 amide bonds. The Hall–Kier alpha value is -3.51. The Morgan fingerprint density at radius 2 is 1.53 bits per heavy atom. The molecule has 164 valence electrons. The number of nitrogens with two attached hydrogens (primary N) is 1. The van der Waals surface area contributed by atoms with Gasteiger partial charge in [-0.15, -0.1) is 0 Å². The van der Waals surface area contributed by atoms with E-state index in [1.807, 2.05) is 78.9 Å². The first-order valence-electron chi connectivity index (χ1n) is 10.9. The summed E-state index contributed by atoms with van der Waals surface area (Å²) < 4.78 is 0. The van der Waals surface area contributed by atoms with Gasteiger partial charge in [-0.2, -0.15) is 0 Å². The van der Waals surface area contributed by atoms with Crippen LogP contribution in [0.25, 0.3) is 0 Å². The molecule has 0 bridgehead atoms. The van der Waals surface area contributed by atoms with Crippen molar-refractivity contribution in [2.75, 3.05) is 0 Å². The fraction of sp³-hybridized carbons (Fsp3) is 0.269. The van der Waals surface area contributed by atoms with Crippen LogP contribution in [0, 0.1) is 0 Å². The third kappa shape index (κ3) is 5.59. The zero-order valence-electron chi connectivity index (χ0n) is 17.9. The van der Waals surface area contributed by atoms with E-state index in [1.54, 1.807) is 6.20 Å². The van der Waals surface area contributed by atoms with Gasteiger partial charge in [0, 0.05) is 24.7 Å². The second-order valence-corrected chi connectivity index (χ2v) is 8.37. The first-order chi connectivity index (χ1) is 15.5. The SMILES string of the molecule is NC1(C(=O)NC(Cc2ccccc2)C(=O)NC(Cc2ccccn2)c2ccccc2)CC1. The normalized spacial score (nSPS) is 15.9. The van der Waals surface area contributed by atoms with Gasteiger partial charge in [-0.1, -0.05) is 66.7 Å². The topological polar surface area (TPSA) is 97.1 Å². The summed E-state index contributed by atoms with van der Waals surface area (Å²) in [6.45, 7) is 0. The van der Waals surface area contributed by atoms with E-state index >= 15 is 0 Å². The molecule has 2 aromatic carbocycles. The maximum atomic E-state index is 13.4. The van der Waals surface area contributed by atoms with E-state index in [2.05, 4.69) is 15.6 Å². The lowest BCUT2D eigenvalue weighted by Gasteiger charge is -2.25. The predicted molar refractivity (Wildman–Crippen MR) is 123 cm³/mol. The number of benzene rings is 2. The molecule has 4 N–H and O–H groups in total. The molecule has 1 heterocycles. The molecule has 0 spiro atoms. The van der Waals surface area contributed by atoms with Gasteiger partial charge < -0.3 is 16.4 Å². The van der Waals surface area contributed by atoms with Crippen LogP contribution in [0.5, 0.6) is 0 Å². The van der Waals surface area contributed by atoms with Crippen LogP contribution in [0.4, 0.5) is 0 Å². The molecular formula is C26H28N4O2. The summed E-state index contributed by atoms with van der Waals surface area (Å²) in [7, 11) is 0. The van der Waals surface area contributed by atoms with Gasteiger partial charge in [0.25, 0.3) is 0 Å². The first kappa shape index (κ1) is 21.7. The van der Waals surface area contributed by atoms with Crippen molar-refractivity contribution < 1.29 is 9.59 Å². The van der Waals surface area contributed by atoms with Crippen LogP contribution in [0.15, 0.2) is 85.1 Å². The van der Waals surface area contributed by atoms with Crippen LogP contribution in [0.1, 0.15) is 35.7 Å². The minimum atomic E-state index is -0.845. The second kappa shape index (κ2) is 9.75. The molecule has 1 aliphatic carbocycles. The minimum absolute atomic E-state index is 0.240. The Balaban J connectivity index is 1.54. The summed E-state index contributed by atoms with van der Waals surface area (Å²) >= 11 is 0. The molecule has 2 unspecified atom stereocenters. The highest BCUT2D eigenvalue weighted by Crippen LogP contribution is 2.32. The van der Waals surface area contributed by atoms with Crippen LogP contribution in [-0.4, -0.2) is 28.4 Å². The Bertz CT molecular complexity index is 1040. The number of rotatable bonds is 9. The molecule has 1 fully saturated rings. The summed E-state index contributed by atoms with van der Waals surface area (Å²) in [5.41, 5.74) is 8.06. The quantitative estimate of drug-likeness (QED) is 0.488. The number of aromatic nitrogens is 1. The third-order valence-electron chi connectivity index (χ3n) is 5.80. The summed E-state index contributed by atoms with van der Waals surface area (Å²) in [6, 6.07) is 24.2. The average molecular weight is 429 g/mol. The molecule has 6 nitrogen and oxygen atoms in total. The van der Waals surface area contributed by atoms with Crippen molar-refractivity contribution in [1.82, 2.24) is 15.6 Å². The average Bonchev–Trinajstić information content (AvgIpc) is 3.59. The molecule has 6 heteroatoms. The van der Waals surface area contributed by atoms with Crippen LogP contribution in [0.2, 0.25) is 0 Å². The zero-order chi connectivity index (χ0) is 22.4. The molecule has 1 saturated carbocycles. The minimum Gasteiger partial charge on any atom is -0.347 e. The van der Waals surface area contributed by atoms with E-state index in [-0.39, 0.29) is 17.9 Å². The molecule has 2 atom stereocenters. The summed E-state index contributed by atoms with van der Waals surface area (Å²) in [4.78, 5) is 30.5. The van der Waals surface area contributed by atoms with Crippen molar-refractivity contribution in [1.29, 1.82) is 0 Å². The summed E-state index contributed by atoms with van der Waals surface area (Å²) in [6.07, 6.45) is 3.96. The lowest BCUT2D eigenvalue weighted by molar-refractivity contribution is -0.130. The first-order valence-corrected chi connectivity index (χ1v) is 10.9. The Labute approximate surface area is 188 Å². The highest BCUT2D eigenvalue weighted by molar-refractivity contribution is 5.94. The van der Waals surface area contributed by atoms with E-state index in [0.29, 0.717) is 25.7 Å². The summed E-state index contributed by atoms with van der Waals surface area (Å²) in [5.74, 6) is -0.509. The van der Waals surface area contributed by atoms with Crippen LogP contribution < -0.4 is 16.4 Å². The van der Waals surface area contributed by atoms with Crippen molar-refractivity contribution in [2.45, 2.75) is 43.3 Å². The lowest BCUT2D eigenvalue weighted by atomic mass is 9.99. The van der Waals surface area contributed by atoms with Gasteiger partial charge in [0.15, 0.2) is 0 Å². The highest BCUT2D eigenvalue weighted by Gasteiger charge is 2.47. The lowest BCUT2D eigenvalue weighted by Crippen LogP contribution is -2.54. The molecular weight excluding hydrogens is 400 g/mol. The van der Waals surface area contributed by atoms with E-state index in [1.165, 1.54) is 0 Å². The molecule has 1 aromatic heterocycles. The van der Waals surface area contributed by atoms with Gasteiger partial charge in [0.05, 0.1) is 11.6 Å². The highest BCUT2D eigenvalue weighted by atomic mass is 16.2. The van der Waals surface area contributed by atoms with Gasteiger partial charge in [0.1, 0.15) is 6.04 Å². The molecule has 0 radical (unpaired) electrons. The molecule has 0 saturated heterocycles. The molecule has 4 rings (SSSR count). The maximum absolute atomic E-state index is 13.4. The predicted octanol–water partition coefficient (Wildman–Crippen LogP) is 2.70. The number of nitrogens with one attached hydrogen (secondary N) is 2. The standard InChI is InChI=1S/C26H28N4O2/c27-26(14-15-26)25(32)30-23(17-19-9-3-1-4-10-19)24(31)29-22(20-11-5-2-6-12-20)18-21-13-7-8-16-28-21/h1-13,16,22-23H,14-15,17-18,27H2,(H,29,31)(H,30,32). The Kier molecular flexibility index (Phi) is 6.61. The molecule has 3 aromatic rings. The number of carbonyl (C=O) groups excluding carboxylic acids is 2. The van der Waals surface area contributed by atoms with E-state index < -0.39 is 11.6 Å². The van der Waals surface area contributed by atoms with E-state index in [4.69, 9.17) is 5.73 Å². The largest absolute Gasteiger partial charge is 0.347 e. The number of carbonyl (C=O) groups is 2. The monoisotopic (exact) mass is 428 g/mol. The number of hydrogen-bond donors (Lipinski definition) is 3. The van der Waals surface area contributed by atoms with E-state index in [9.17, 15) is 9.59 Å². The van der Waals surface area contributed by atoms with Crippen LogP contribution in [0.3, 0.4) is 0 Å². The van der Waals surface area contributed by atoms with Crippen LogP contribution >= 0.6 is 0 Å². The summed E-state index contributed by atoms with van der Waals surface area (Å²) in [5, 5.41) is 6.04. The van der Waals surface area contributed by atoms with Crippen molar-refractivity contribution in [3.8, 4) is 0 Å². The van der Waals surface area contributed by atoms with Gasteiger partial charge in [0.2, 0.25) is 11.8 Å². The van der Waals surface area contributed by atoms with Crippen molar-refractivity contribution in [2.24, 2.45) is 5.73 Å². The second-order valence-electron chi connectivity index (χ2n) is 8.37. The van der Waals surface area contributed by atoms with Crippen molar-refractivity contribution in [3.63, 3.8) is 0 Å². The number of pyridine rings is 1. The van der Waals surface area contributed by atoms with Gasteiger partial charge in [-0.3, -0.25) is 14.6 Å². The smallest absolute Gasteiger partial charge is 0.243 e. The van der Waals surface area contributed by atoms with Gasteiger partial charge in [-0.05, 0) is 36.1 Å². The fourth-order valence-electron chi connectivity index (χ4n) is 3.66. The maximum Gasteiger partial charge on any atom is 0.243 e. The number of nitrogens with zero attached hydrogens (tertiary/aromatic N) is 1.